The van der Waals surface area contributed by atoms with Gasteiger partial charge < -0.3 is 14.2 Å². The average Bonchev–Trinajstić information content (AvgIpc) is 2.87. The van der Waals surface area contributed by atoms with Gasteiger partial charge in [-0.3, -0.25) is 4.79 Å². The molecular formula is C29H22Cl2O4. The summed E-state index contributed by atoms with van der Waals surface area (Å²) in [6.45, 7) is 0.688. The smallest absolute Gasteiger partial charge is 0.174 e. The molecule has 1 heterocycles. The molecular weight excluding hydrogens is 483 g/mol. The molecule has 1 aliphatic rings. The van der Waals surface area contributed by atoms with E-state index < -0.39 is 6.10 Å². The first kappa shape index (κ1) is 23.3. The SMILES string of the molecule is O=C1CC(c2ccc(Cl)cc2Cl)Oc2cc(OCc3ccccc3)cc(OCc3ccccc3)c21. The number of hydrogen-bond acceptors (Lipinski definition) is 4. The number of fused-ring (bicyclic) bond motifs is 1. The fourth-order valence-corrected chi connectivity index (χ4v) is 4.54. The maximum Gasteiger partial charge on any atom is 0.174 e. The second kappa shape index (κ2) is 10.4. The van der Waals surface area contributed by atoms with Crippen molar-refractivity contribution in [3.8, 4) is 17.2 Å². The number of ether oxygens (including phenoxy) is 3. The van der Waals surface area contributed by atoms with Crippen LogP contribution in [0.3, 0.4) is 0 Å². The molecule has 35 heavy (non-hydrogen) atoms. The van der Waals surface area contributed by atoms with Crippen LogP contribution in [0.5, 0.6) is 17.2 Å². The quantitative estimate of drug-likeness (QED) is 0.257. The normalized spacial score (nSPS) is 14.7. The summed E-state index contributed by atoms with van der Waals surface area (Å²) in [6.07, 6.45) is -0.397. The summed E-state index contributed by atoms with van der Waals surface area (Å²) in [5, 5.41) is 0.977. The van der Waals surface area contributed by atoms with Gasteiger partial charge in [0.1, 0.15) is 42.1 Å². The lowest BCUT2D eigenvalue weighted by molar-refractivity contribution is 0.0841. The van der Waals surface area contributed by atoms with Crippen LogP contribution in [-0.2, 0) is 13.2 Å². The zero-order valence-electron chi connectivity index (χ0n) is 18.7. The van der Waals surface area contributed by atoms with Crippen molar-refractivity contribution in [3.05, 3.63) is 123 Å². The van der Waals surface area contributed by atoms with E-state index >= 15 is 0 Å². The Kier molecular flexibility index (Phi) is 6.94. The van der Waals surface area contributed by atoms with Crippen LogP contribution in [0.1, 0.15) is 39.6 Å². The molecule has 4 aromatic carbocycles. The van der Waals surface area contributed by atoms with E-state index in [0.717, 1.165) is 11.1 Å². The summed E-state index contributed by atoms with van der Waals surface area (Å²) in [7, 11) is 0. The molecule has 0 N–H and O–H groups in total. The van der Waals surface area contributed by atoms with Gasteiger partial charge in [0.05, 0.1) is 6.42 Å². The number of ketones is 1. The number of rotatable bonds is 7. The molecule has 1 unspecified atom stereocenters. The van der Waals surface area contributed by atoms with Crippen LogP contribution in [0.4, 0.5) is 0 Å². The highest BCUT2D eigenvalue weighted by Gasteiger charge is 2.32. The zero-order valence-corrected chi connectivity index (χ0v) is 20.3. The Hall–Kier alpha value is -3.47. The molecule has 0 aromatic heterocycles. The van der Waals surface area contributed by atoms with Gasteiger partial charge >= 0.3 is 0 Å². The molecule has 0 bridgehead atoms. The first-order valence-corrected chi connectivity index (χ1v) is 12.0. The number of carbonyl (C=O) groups excluding carboxylic acids is 1. The molecule has 6 heteroatoms. The van der Waals surface area contributed by atoms with Gasteiger partial charge in [0.25, 0.3) is 0 Å². The van der Waals surface area contributed by atoms with Gasteiger partial charge in [-0.25, -0.2) is 0 Å². The van der Waals surface area contributed by atoms with Crippen molar-refractivity contribution in [1.29, 1.82) is 0 Å². The zero-order chi connectivity index (χ0) is 24.2. The Labute approximate surface area is 214 Å². The molecule has 0 aliphatic carbocycles. The highest BCUT2D eigenvalue weighted by molar-refractivity contribution is 6.35. The topological polar surface area (TPSA) is 44.8 Å². The van der Waals surface area contributed by atoms with E-state index in [1.807, 2.05) is 60.7 Å². The fraction of sp³-hybridized carbons (Fsp3) is 0.138. The molecule has 0 spiro atoms. The van der Waals surface area contributed by atoms with Crippen molar-refractivity contribution < 1.29 is 19.0 Å². The van der Waals surface area contributed by atoms with Crippen molar-refractivity contribution in [2.45, 2.75) is 25.7 Å². The molecule has 0 amide bonds. The van der Waals surface area contributed by atoms with Gasteiger partial charge in [-0.05, 0) is 23.3 Å². The molecule has 4 aromatic rings. The van der Waals surface area contributed by atoms with E-state index in [4.69, 9.17) is 37.4 Å². The van der Waals surface area contributed by atoms with Gasteiger partial charge in [-0.1, -0.05) is 89.9 Å². The monoisotopic (exact) mass is 504 g/mol. The average molecular weight is 505 g/mol. The van der Waals surface area contributed by atoms with Crippen LogP contribution in [0.2, 0.25) is 10.0 Å². The molecule has 0 radical (unpaired) electrons. The summed E-state index contributed by atoms with van der Waals surface area (Å²) < 4.78 is 18.4. The summed E-state index contributed by atoms with van der Waals surface area (Å²) in [4.78, 5) is 13.3. The summed E-state index contributed by atoms with van der Waals surface area (Å²) in [5.74, 6) is 1.30. The second-order valence-electron chi connectivity index (χ2n) is 8.24. The van der Waals surface area contributed by atoms with Gasteiger partial charge in [0, 0.05) is 27.7 Å². The van der Waals surface area contributed by atoms with E-state index in [2.05, 4.69) is 0 Å². The Morgan fingerprint density at radius 1 is 0.800 bits per heavy atom. The maximum atomic E-state index is 13.3. The van der Waals surface area contributed by atoms with E-state index in [1.165, 1.54) is 0 Å². The molecule has 5 rings (SSSR count). The van der Waals surface area contributed by atoms with Crippen LogP contribution < -0.4 is 14.2 Å². The van der Waals surface area contributed by atoms with Gasteiger partial charge in [0.15, 0.2) is 5.78 Å². The van der Waals surface area contributed by atoms with E-state index in [0.29, 0.717) is 51.6 Å². The van der Waals surface area contributed by atoms with E-state index in [9.17, 15) is 4.79 Å². The molecule has 0 saturated carbocycles. The summed E-state index contributed by atoms with van der Waals surface area (Å²) >= 11 is 12.5. The second-order valence-corrected chi connectivity index (χ2v) is 9.09. The molecule has 0 saturated heterocycles. The van der Waals surface area contributed by atoms with Crippen molar-refractivity contribution in [2.75, 3.05) is 0 Å². The number of hydrogen-bond donors (Lipinski definition) is 0. The van der Waals surface area contributed by atoms with Gasteiger partial charge in [-0.15, -0.1) is 0 Å². The van der Waals surface area contributed by atoms with Crippen molar-refractivity contribution >= 4 is 29.0 Å². The standard InChI is InChI=1S/C29H22Cl2O4/c30-21-11-12-23(24(31)13-21)26-16-25(32)29-27(34-18-20-9-5-2-6-10-20)14-22(15-28(29)35-26)33-17-19-7-3-1-4-8-19/h1-15,26H,16-18H2. The number of halogens is 2. The predicted molar refractivity (Wildman–Crippen MR) is 137 cm³/mol. The predicted octanol–water partition coefficient (Wildman–Crippen LogP) is 7.86. The third-order valence-corrected chi connectivity index (χ3v) is 6.32. The Morgan fingerprint density at radius 3 is 2.11 bits per heavy atom. The maximum absolute atomic E-state index is 13.3. The fourth-order valence-electron chi connectivity index (χ4n) is 4.01. The molecule has 0 fully saturated rings. The van der Waals surface area contributed by atoms with Gasteiger partial charge in [-0.2, -0.15) is 0 Å². The van der Waals surface area contributed by atoms with Crippen LogP contribution in [0, 0.1) is 0 Å². The first-order valence-electron chi connectivity index (χ1n) is 11.2. The van der Waals surface area contributed by atoms with E-state index in [1.54, 1.807) is 30.3 Å². The molecule has 4 nitrogen and oxygen atoms in total. The van der Waals surface area contributed by atoms with Crippen LogP contribution in [-0.4, -0.2) is 5.78 Å². The van der Waals surface area contributed by atoms with Crippen LogP contribution >= 0.6 is 23.2 Å². The lowest BCUT2D eigenvalue weighted by Gasteiger charge is -2.28. The minimum Gasteiger partial charge on any atom is -0.489 e. The third kappa shape index (κ3) is 5.45. The third-order valence-electron chi connectivity index (χ3n) is 5.75. The lowest BCUT2D eigenvalue weighted by Crippen LogP contribution is -2.21. The van der Waals surface area contributed by atoms with E-state index in [-0.39, 0.29) is 12.2 Å². The molecule has 1 atom stereocenters. The van der Waals surface area contributed by atoms with Crippen molar-refractivity contribution in [3.63, 3.8) is 0 Å². The first-order chi connectivity index (χ1) is 17.1. The minimum absolute atomic E-state index is 0.0834. The Balaban J connectivity index is 1.47. The number of Topliss-reactive ketones (excluding diaryl/α,β-unsaturated/α-hetero) is 1. The van der Waals surface area contributed by atoms with Crippen LogP contribution in [0.15, 0.2) is 91.0 Å². The van der Waals surface area contributed by atoms with Gasteiger partial charge in [0.2, 0.25) is 0 Å². The van der Waals surface area contributed by atoms with Crippen LogP contribution in [0.25, 0.3) is 0 Å². The molecule has 176 valence electrons. The number of benzene rings is 4. The number of carbonyl (C=O) groups is 1. The minimum atomic E-state index is -0.536. The Bertz CT molecular complexity index is 1340. The highest BCUT2D eigenvalue weighted by Crippen LogP contribution is 2.44. The summed E-state index contributed by atoms with van der Waals surface area (Å²) in [5.41, 5.74) is 3.14. The van der Waals surface area contributed by atoms with Crippen molar-refractivity contribution in [1.82, 2.24) is 0 Å². The lowest BCUT2D eigenvalue weighted by atomic mass is 9.95. The highest BCUT2D eigenvalue weighted by atomic mass is 35.5. The van der Waals surface area contributed by atoms with Crippen molar-refractivity contribution in [2.24, 2.45) is 0 Å². The largest absolute Gasteiger partial charge is 0.489 e. The summed E-state index contributed by atoms with van der Waals surface area (Å²) in [6, 6.07) is 28.3. The molecule has 1 aliphatic heterocycles. The Morgan fingerprint density at radius 2 is 1.46 bits per heavy atom.